The quantitative estimate of drug-likeness (QED) is 0.702. The highest BCUT2D eigenvalue weighted by Gasteiger charge is 2.23. The van der Waals surface area contributed by atoms with Crippen LogP contribution in [0.4, 0.5) is 0 Å². The molecule has 0 aliphatic carbocycles. The van der Waals surface area contributed by atoms with Gasteiger partial charge in [-0.1, -0.05) is 6.92 Å². The summed E-state index contributed by atoms with van der Waals surface area (Å²) in [5.74, 6) is 0.849. The van der Waals surface area contributed by atoms with Gasteiger partial charge in [0.2, 0.25) is 0 Å². The Hall–Kier alpha value is -0.940. The van der Waals surface area contributed by atoms with Gasteiger partial charge in [-0.2, -0.15) is 5.10 Å². The van der Waals surface area contributed by atoms with Crippen LogP contribution >= 0.6 is 0 Å². The van der Waals surface area contributed by atoms with E-state index in [0.29, 0.717) is 12.8 Å². The average Bonchev–Trinajstić information content (AvgIpc) is 2.65. The maximum Gasteiger partial charge on any atom is 0.138 e. The van der Waals surface area contributed by atoms with Crippen LogP contribution in [0.25, 0.3) is 0 Å². The van der Waals surface area contributed by atoms with Gasteiger partial charge in [-0.3, -0.25) is 0 Å². The number of nitrogens with zero attached hydrogens (tertiary/aromatic N) is 3. The lowest BCUT2D eigenvalue weighted by Crippen LogP contribution is -2.33. The predicted octanol–water partition coefficient (Wildman–Crippen LogP) is 1.15. The fraction of sp³-hybridized carbons (Fsp3) is 0.833. The molecular formula is C12H24N4O. The van der Waals surface area contributed by atoms with Crippen LogP contribution in [0.2, 0.25) is 0 Å². The Kier molecular flexibility index (Phi) is 5.08. The van der Waals surface area contributed by atoms with Crippen molar-refractivity contribution in [3.8, 4) is 0 Å². The molecule has 98 valence electrons. The number of hydrogen-bond acceptors (Lipinski definition) is 4. The van der Waals surface area contributed by atoms with Crippen LogP contribution in [0.15, 0.2) is 6.33 Å². The Morgan fingerprint density at radius 1 is 1.53 bits per heavy atom. The van der Waals surface area contributed by atoms with Crippen molar-refractivity contribution in [1.82, 2.24) is 20.1 Å². The number of rotatable bonds is 7. The maximum absolute atomic E-state index is 10.3. The minimum absolute atomic E-state index is 0.275. The Labute approximate surface area is 103 Å². The molecule has 5 heteroatoms. The summed E-state index contributed by atoms with van der Waals surface area (Å²) in [4.78, 5) is 4.22. The van der Waals surface area contributed by atoms with Gasteiger partial charge in [-0.05, 0) is 40.3 Å². The summed E-state index contributed by atoms with van der Waals surface area (Å²) in [6, 6.07) is 0.275. The highest BCUT2D eigenvalue weighted by Crippen LogP contribution is 2.16. The van der Waals surface area contributed by atoms with Gasteiger partial charge in [0, 0.05) is 12.5 Å². The van der Waals surface area contributed by atoms with Gasteiger partial charge in [0.1, 0.15) is 12.2 Å². The fourth-order valence-corrected chi connectivity index (χ4v) is 1.80. The van der Waals surface area contributed by atoms with Gasteiger partial charge >= 0.3 is 0 Å². The Balaban J connectivity index is 2.59. The average molecular weight is 240 g/mol. The zero-order valence-corrected chi connectivity index (χ0v) is 11.3. The normalized spacial score (nSPS) is 15.2. The fourth-order valence-electron chi connectivity index (χ4n) is 1.80. The summed E-state index contributed by atoms with van der Waals surface area (Å²) in [7, 11) is 0. The van der Waals surface area contributed by atoms with Crippen molar-refractivity contribution in [3.63, 3.8) is 0 Å². The van der Waals surface area contributed by atoms with Gasteiger partial charge in [0.15, 0.2) is 0 Å². The van der Waals surface area contributed by atoms with Crippen molar-refractivity contribution in [2.24, 2.45) is 0 Å². The summed E-state index contributed by atoms with van der Waals surface area (Å²) in [6.45, 7) is 9.78. The third kappa shape index (κ3) is 4.44. The molecule has 1 unspecified atom stereocenters. The van der Waals surface area contributed by atoms with Crippen molar-refractivity contribution in [2.75, 3.05) is 13.1 Å². The van der Waals surface area contributed by atoms with Crippen LogP contribution in [-0.4, -0.2) is 38.6 Å². The predicted molar refractivity (Wildman–Crippen MR) is 67.9 cm³/mol. The molecule has 0 saturated carbocycles. The van der Waals surface area contributed by atoms with E-state index in [1.54, 1.807) is 6.33 Å². The van der Waals surface area contributed by atoms with Crippen molar-refractivity contribution >= 4 is 0 Å². The molecule has 1 aromatic heterocycles. The molecule has 0 saturated heterocycles. The highest BCUT2D eigenvalue weighted by molar-refractivity contribution is 4.94. The first kappa shape index (κ1) is 14.1. The Bertz CT molecular complexity index is 333. The summed E-state index contributed by atoms with van der Waals surface area (Å²) in [6.07, 6.45) is 2.80. The van der Waals surface area contributed by atoms with Crippen LogP contribution in [0.3, 0.4) is 0 Å². The van der Waals surface area contributed by atoms with Crippen LogP contribution < -0.4 is 5.32 Å². The minimum Gasteiger partial charge on any atom is -0.390 e. The lowest BCUT2D eigenvalue weighted by Gasteiger charge is -2.23. The van der Waals surface area contributed by atoms with Crippen molar-refractivity contribution in [3.05, 3.63) is 12.2 Å². The third-order valence-corrected chi connectivity index (χ3v) is 2.77. The maximum atomic E-state index is 10.3. The summed E-state index contributed by atoms with van der Waals surface area (Å²) in [5.41, 5.74) is -0.734. The molecule has 0 amide bonds. The van der Waals surface area contributed by atoms with E-state index in [2.05, 4.69) is 36.2 Å². The molecule has 0 spiro atoms. The van der Waals surface area contributed by atoms with E-state index in [-0.39, 0.29) is 6.04 Å². The smallest absolute Gasteiger partial charge is 0.138 e. The van der Waals surface area contributed by atoms with E-state index < -0.39 is 5.60 Å². The number of nitrogens with one attached hydrogen (secondary N) is 1. The van der Waals surface area contributed by atoms with Gasteiger partial charge in [0.05, 0.1) is 5.60 Å². The first-order valence-corrected chi connectivity index (χ1v) is 6.27. The Morgan fingerprint density at radius 2 is 2.24 bits per heavy atom. The second-order valence-corrected chi connectivity index (χ2v) is 4.99. The van der Waals surface area contributed by atoms with Gasteiger partial charge < -0.3 is 10.4 Å². The molecule has 0 aliphatic rings. The van der Waals surface area contributed by atoms with E-state index in [9.17, 15) is 5.11 Å². The first-order chi connectivity index (χ1) is 7.96. The lowest BCUT2D eigenvalue weighted by molar-refractivity contribution is 0.0483. The molecule has 5 nitrogen and oxygen atoms in total. The van der Waals surface area contributed by atoms with E-state index >= 15 is 0 Å². The van der Waals surface area contributed by atoms with E-state index in [1.165, 1.54) is 0 Å². The molecule has 0 fully saturated rings. The first-order valence-electron chi connectivity index (χ1n) is 6.27. The SMILES string of the molecule is CCNCCC(C)(O)Cc1ncnn1C(C)C. The van der Waals surface area contributed by atoms with E-state index in [1.807, 2.05) is 11.6 Å². The Morgan fingerprint density at radius 3 is 2.82 bits per heavy atom. The van der Waals surface area contributed by atoms with Gasteiger partial charge in [-0.25, -0.2) is 9.67 Å². The molecule has 1 rings (SSSR count). The zero-order valence-electron chi connectivity index (χ0n) is 11.3. The molecule has 0 bridgehead atoms. The molecule has 0 radical (unpaired) electrons. The molecule has 2 N–H and O–H groups in total. The second-order valence-electron chi connectivity index (χ2n) is 4.99. The van der Waals surface area contributed by atoms with Crippen LogP contribution in [0, 0.1) is 0 Å². The van der Waals surface area contributed by atoms with Crippen molar-refractivity contribution in [1.29, 1.82) is 0 Å². The van der Waals surface area contributed by atoms with E-state index in [4.69, 9.17) is 0 Å². The van der Waals surface area contributed by atoms with E-state index in [0.717, 1.165) is 18.9 Å². The number of hydrogen-bond donors (Lipinski definition) is 2. The summed E-state index contributed by atoms with van der Waals surface area (Å²) in [5, 5.41) is 17.7. The van der Waals surface area contributed by atoms with Crippen molar-refractivity contribution < 1.29 is 5.11 Å². The standard InChI is InChI=1S/C12H24N4O/c1-5-13-7-6-12(4,17)8-11-14-9-15-16(11)10(2)3/h9-10,13,17H,5-8H2,1-4H3. The summed E-state index contributed by atoms with van der Waals surface area (Å²) < 4.78 is 1.86. The lowest BCUT2D eigenvalue weighted by atomic mass is 9.97. The van der Waals surface area contributed by atoms with Crippen molar-refractivity contribution in [2.45, 2.75) is 52.2 Å². The molecule has 1 heterocycles. The zero-order chi connectivity index (χ0) is 12.9. The van der Waals surface area contributed by atoms with Gasteiger partial charge in [-0.15, -0.1) is 0 Å². The van der Waals surface area contributed by atoms with Gasteiger partial charge in [0.25, 0.3) is 0 Å². The second kappa shape index (κ2) is 6.12. The minimum atomic E-state index is -0.734. The molecule has 1 atom stereocenters. The highest BCUT2D eigenvalue weighted by atomic mass is 16.3. The number of aliphatic hydroxyl groups is 1. The topological polar surface area (TPSA) is 63.0 Å². The largest absolute Gasteiger partial charge is 0.390 e. The molecular weight excluding hydrogens is 216 g/mol. The monoisotopic (exact) mass is 240 g/mol. The summed E-state index contributed by atoms with van der Waals surface area (Å²) >= 11 is 0. The van der Waals surface area contributed by atoms with Crippen LogP contribution in [0.5, 0.6) is 0 Å². The third-order valence-electron chi connectivity index (χ3n) is 2.77. The van der Waals surface area contributed by atoms with Crippen LogP contribution in [-0.2, 0) is 6.42 Å². The molecule has 0 aliphatic heterocycles. The van der Waals surface area contributed by atoms with Crippen LogP contribution in [0.1, 0.15) is 46.0 Å². The molecule has 0 aromatic carbocycles. The molecule has 17 heavy (non-hydrogen) atoms. The molecule has 1 aromatic rings. The number of aromatic nitrogens is 3.